The topological polar surface area (TPSA) is 26.0 Å². The summed E-state index contributed by atoms with van der Waals surface area (Å²) in [7, 11) is 0. The molecule has 15 heavy (non-hydrogen) atoms. The molecule has 0 aliphatic rings. The number of hydrogen-bond acceptors (Lipinski definition) is 1. The molecule has 1 heteroatoms. The monoisotopic (exact) mass is 205 g/mol. The minimum Gasteiger partial charge on any atom is -0.330 e. The van der Waals surface area contributed by atoms with Crippen LogP contribution in [0.15, 0.2) is 18.2 Å². The quantitative estimate of drug-likeness (QED) is 0.802. The van der Waals surface area contributed by atoms with Gasteiger partial charge in [0.1, 0.15) is 0 Å². The highest BCUT2D eigenvalue weighted by Gasteiger charge is 2.15. The standard InChI is InChI=1S/C14H23N/c1-11-5-6-12(2)13(9-11)7-8-14(3,4)10-15/h5-6,9H,7-8,10,15H2,1-4H3. The molecular weight excluding hydrogens is 182 g/mol. The Bertz CT molecular complexity index is 326. The summed E-state index contributed by atoms with van der Waals surface area (Å²) in [6.45, 7) is 9.56. The normalized spacial score (nSPS) is 11.8. The second-order valence-corrected chi connectivity index (χ2v) is 5.30. The minimum atomic E-state index is 0.260. The zero-order chi connectivity index (χ0) is 11.5. The lowest BCUT2D eigenvalue weighted by atomic mass is 9.85. The van der Waals surface area contributed by atoms with Crippen molar-refractivity contribution < 1.29 is 0 Å². The van der Waals surface area contributed by atoms with E-state index in [0.29, 0.717) is 0 Å². The van der Waals surface area contributed by atoms with Crippen molar-refractivity contribution in [1.82, 2.24) is 0 Å². The molecule has 0 bridgehead atoms. The minimum absolute atomic E-state index is 0.260. The van der Waals surface area contributed by atoms with Crippen LogP contribution >= 0.6 is 0 Å². The molecule has 1 aromatic carbocycles. The molecule has 0 radical (unpaired) electrons. The van der Waals surface area contributed by atoms with E-state index in [1.807, 2.05) is 0 Å². The smallest absolute Gasteiger partial charge is 0.00257 e. The summed E-state index contributed by atoms with van der Waals surface area (Å²) in [5.41, 5.74) is 10.2. The van der Waals surface area contributed by atoms with Crippen LogP contribution in [0.1, 0.15) is 37.0 Å². The third-order valence-electron chi connectivity index (χ3n) is 3.13. The van der Waals surface area contributed by atoms with Crippen molar-refractivity contribution in [2.24, 2.45) is 11.1 Å². The van der Waals surface area contributed by atoms with Crippen LogP contribution in [0.4, 0.5) is 0 Å². The summed E-state index contributed by atoms with van der Waals surface area (Å²) in [4.78, 5) is 0. The van der Waals surface area contributed by atoms with Crippen molar-refractivity contribution in [3.8, 4) is 0 Å². The molecule has 1 aromatic rings. The first-order valence-electron chi connectivity index (χ1n) is 5.71. The first-order chi connectivity index (χ1) is 6.94. The first-order valence-corrected chi connectivity index (χ1v) is 5.71. The van der Waals surface area contributed by atoms with Crippen LogP contribution in [0.5, 0.6) is 0 Å². The molecule has 1 rings (SSSR count). The zero-order valence-corrected chi connectivity index (χ0v) is 10.4. The van der Waals surface area contributed by atoms with Crippen molar-refractivity contribution in [1.29, 1.82) is 0 Å². The molecule has 0 aliphatic carbocycles. The average molecular weight is 205 g/mol. The van der Waals surface area contributed by atoms with Crippen LogP contribution in [-0.2, 0) is 6.42 Å². The molecule has 0 aliphatic heterocycles. The average Bonchev–Trinajstić information content (AvgIpc) is 2.20. The van der Waals surface area contributed by atoms with Crippen molar-refractivity contribution in [3.05, 3.63) is 34.9 Å². The van der Waals surface area contributed by atoms with Gasteiger partial charge in [0.2, 0.25) is 0 Å². The molecule has 0 heterocycles. The van der Waals surface area contributed by atoms with Crippen LogP contribution in [0.3, 0.4) is 0 Å². The molecule has 0 aromatic heterocycles. The molecule has 84 valence electrons. The molecular formula is C14H23N. The Balaban J connectivity index is 2.69. The van der Waals surface area contributed by atoms with E-state index in [4.69, 9.17) is 5.73 Å². The molecule has 0 atom stereocenters. The summed E-state index contributed by atoms with van der Waals surface area (Å²) in [5.74, 6) is 0. The van der Waals surface area contributed by atoms with Crippen LogP contribution in [0.25, 0.3) is 0 Å². The predicted octanol–water partition coefficient (Wildman–Crippen LogP) is 3.22. The van der Waals surface area contributed by atoms with E-state index >= 15 is 0 Å². The highest BCUT2D eigenvalue weighted by atomic mass is 14.6. The van der Waals surface area contributed by atoms with Gasteiger partial charge in [0.05, 0.1) is 0 Å². The van der Waals surface area contributed by atoms with E-state index in [2.05, 4.69) is 45.9 Å². The fourth-order valence-electron chi connectivity index (χ4n) is 1.64. The number of benzene rings is 1. The third kappa shape index (κ3) is 3.67. The van der Waals surface area contributed by atoms with Crippen molar-refractivity contribution >= 4 is 0 Å². The maximum Gasteiger partial charge on any atom is -0.00257 e. The Hall–Kier alpha value is -0.820. The van der Waals surface area contributed by atoms with Crippen molar-refractivity contribution in [2.75, 3.05) is 6.54 Å². The molecule has 1 nitrogen and oxygen atoms in total. The van der Waals surface area contributed by atoms with Gasteiger partial charge in [-0.2, -0.15) is 0 Å². The second kappa shape index (κ2) is 4.80. The maximum absolute atomic E-state index is 5.74. The number of aryl methyl sites for hydroxylation is 3. The van der Waals surface area contributed by atoms with E-state index < -0.39 is 0 Å². The van der Waals surface area contributed by atoms with Gasteiger partial charge in [-0.1, -0.05) is 37.6 Å². The van der Waals surface area contributed by atoms with Gasteiger partial charge in [0.15, 0.2) is 0 Å². The summed E-state index contributed by atoms with van der Waals surface area (Å²) >= 11 is 0. The highest BCUT2D eigenvalue weighted by Crippen LogP contribution is 2.22. The van der Waals surface area contributed by atoms with E-state index in [1.165, 1.54) is 16.7 Å². The molecule has 0 saturated heterocycles. The zero-order valence-electron chi connectivity index (χ0n) is 10.4. The van der Waals surface area contributed by atoms with Gasteiger partial charge in [-0.3, -0.25) is 0 Å². The summed E-state index contributed by atoms with van der Waals surface area (Å²) < 4.78 is 0. The van der Waals surface area contributed by atoms with Gasteiger partial charge < -0.3 is 5.73 Å². The Morgan fingerprint density at radius 3 is 2.47 bits per heavy atom. The Labute approximate surface area is 93.7 Å². The van der Waals surface area contributed by atoms with Crippen LogP contribution in [0, 0.1) is 19.3 Å². The summed E-state index contributed by atoms with van der Waals surface area (Å²) in [5, 5.41) is 0. The predicted molar refractivity (Wildman–Crippen MR) is 67.1 cm³/mol. The highest BCUT2D eigenvalue weighted by molar-refractivity contribution is 5.30. The Morgan fingerprint density at radius 1 is 1.20 bits per heavy atom. The van der Waals surface area contributed by atoms with Crippen LogP contribution in [-0.4, -0.2) is 6.54 Å². The molecule has 0 saturated carbocycles. The van der Waals surface area contributed by atoms with Crippen molar-refractivity contribution in [2.45, 2.75) is 40.5 Å². The molecule has 0 unspecified atom stereocenters. The summed E-state index contributed by atoms with van der Waals surface area (Å²) in [6.07, 6.45) is 2.30. The largest absolute Gasteiger partial charge is 0.330 e. The number of hydrogen-bond donors (Lipinski definition) is 1. The van der Waals surface area contributed by atoms with Crippen molar-refractivity contribution in [3.63, 3.8) is 0 Å². The Morgan fingerprint density at radius 2 is 1.87 bits per heavy atom. The van der Waals surface area contributed by atoms with E-state index in [-0.39, 0.29) is 5.41 Å². The SMILES string of the molecule is Cc1ccc(C)c(CCC(C)(C)CN)c1. The van der Waals surface area contributed by atoms with Crippen LogP contribution in [0.2, 0.25) is 0 Å². The van der Waals surface area contributed by atoms with E-state index in [1.54, 1.807) is 0 Å². The molecule has 0 spiro atoms. The fraction of sp³-hybridized carbons (Fsp3) is 0.571. The van der Waals surface area contributed by atoms with Crippen LogP contribution < -0.4 is 5.73 Å². The van der Waals surface area contributed by atoms with E-state index in [9.17, 15) is 0 Å². The molecule has 0 amide bonds. The van der Waals surface area contributed by atoms with Gasteiger partial charge in [-0.15, -0.1) is 0 Å². The molecule has 2 N–H and O–H groups in total. The van der Waals surface area contributed by atoms with Gasteiger partial charge in [-0.25, -0.2) is 0 Å². The lowest BCUT2D eigenvalue weighted by molar-refractivity contribution is 0.347. The van der Waals surface area contributed by atoms with Gasteiger partial charge in [-0.05, 0) is 49.8 Å². The second-order valence-electron chi connectivity index (χ2n) is 5.30. The lowest BCUT2D eigenvalue weighted by Gasteiger charge is -2.22. The number of rotatable bonds is 4. The fourth-order valence-corrected chi connectivity index (χ4v) is 1.64. The summed E-state index contributed by atoms with van der Waals surface area (Å²) in [6, 6.07) is 6.68. The third-order valence-corrected chi connectivity index (χ3v) is 3.13. The maximum atomic E-state index is 5.74. The van der Waals surface area contributed by atoms with E-state index in [0.717, 1.165) is 19.4 Å². The molecule has 0 fully saturated rings. The first kappa shape index (κ1) is 12.3. The van der Waals surface area contributed by atoms with Gasteiger partial charge in [0, 0.05) is 0 Å². The lowest BCUT2D eigenvalue weighted by Crippen LogP contribution is -2.24. The number of nitrogens with two attached hydrogens (primary N) is 1. The van der Waals surface area contributed by atoms with Gasteiger partial charge in [0.25, 0.3) is 0 Å². The Kier molecular flexibility index (Phi) is 3.92. The van der Waals surface area contributed by atoms with Gasteiger partial charge >= 0.3 is 0 Å².